The van der Waals surface area contributed by atoms with Crippen LogP contribution in [0.2, 0.25) is 0 Å². The minimum Gasteiger partial charge on any atom is -0.370 e. The summed E-state index contributed by atoms with van der Waals surface area (Å²) < 4.78 is 0. The lowest BCUT2D eigenvalue weighted by Gasteiger charge is -2.34. The number of aromatic nitrogens is 2. The van der Waals surface area contributed by atoms with Crippen molar-refractivity contribution in [1.29, 1.82) is 0 Å². The zero-order chi connectivity index (χ0) is 18.4. The number of likely N-dealkylation sites (N-methyl/N-ethyl adjacent to an activating group) is 1. The molecule has 1 fully saturated rings. The van der Waals surface area contributed by atoms with Gasteiger partial charge in [-0.05, 0) is 44.7 Å². The van der Waals surface area contributed by atoms with Crippen LogP contribution in [0.1, 0.15) is 25.5 Å². The lowest BCUT2D eigenvalue weighted by molar-refractivity contribution is 0.313. The van der Waals surface area contributed by atoms with Gasteiger partial charge in [-0.1, -0.05) is 13.3 Å². The fourth-order valence-corrected chi connectivity index (χ4v) is 3.06. The predicted molar refractivity (Wildman–Crippen MR) is 110 cm³/mol. The maximum absolute atomic E-state index is 4.57. The maximum Gasteiger partial charge on any atom is 0.229 e. The van der Waals surface area contributed by atoms with Crippen LogP contribution in [0.3, 0.4) is 0 Å². The van der Waals surface area contributed by atoms with Crippen molar-refractivity contribution in [3.8, 4) is 0 Å². The van der Waals surface area contributed by atoms with E-state index in [2.05, 4.69) is 68.6 Å². The molecule has 2 N–H and O–H groups in total. The van der Waals surface area contributed by atoms with Gasteiger partial charge in [0.2, 0.25) is 5.95 Å². The van der Waals surface area contributed by atoms with Gasteiger partial charge in [-0.2, -0.15) is 4.98 Å². The van der Waals surface area contributed by atoms with E-state index in [1.165, 1.54) is 12.1 Å². The van der Waals surface area contributed by atoms with Gasteiger partial charge in [0.15, 0.2) is 0 Å². The Morgan fingerprint density at radius 3 is 2.46 bits per heavy atom. The Hall–Kier alpha value is -2.34. The Labute approximate surface area is 156 Å². The molecule has 6 nitrogen and oxygen atoms in total. The molecule has 1 aliphatic heterocycles. The smallest absolute Gasteiger partial charge is 0.229 e. The van der Waals surface area contributed by atoms with Crippen molar-refractivity contribution in [2.45, 2.75) is 26.7 Å². The third-order valence-electron chi connectivity index (χ3n) is 4.68. The van der Waals surface area contributed by atoms with Gasteiger partial charge in [0.05, 0.1) is 0 Å². The molecule has 0 bridgehead atoms. The van der Waals surface area contributed by atoms with Gasteiger partial charge in [-0.15, -0.1) is 0 Å². The number of hydrogen-bond acceptors (Lipinski definition) is 6. The van der Waals surface area contributed by atoms with E-state index in [1.54, 1.807) is 0 Å². The fourth-order valence-electron chi connectivity index (χ4n) is 3.06. The predicted octanol–water partition coefficient (Wildman–Crippen LogP) is 3.49. The number of anilines is 4. The molecule has 0 radical (unpaired) electrons. The van der Waals surface area contributed by atoms with Crippen molar-refractivity contribution in [3.05, 3.63) is 36.0 Å². The van der Waals surface area contributed by atoms with E-state index >= 15 is 0 Å². The summed E-state index contributed by atoms with van der Waals surface area (Å²) in [4.78, 5) is 13.9. The summed E-state index contributed by atoms with van der Waals surface area (Å²) in [6.07, 6.45) is 2.31. The third-order valence-corrected chi connectivity index (χ3v) is 4.68. The first kappa shape index (κ1) is 18.5. The SMILES string of the molecule is CCCCNc1cc(C)nc(Nc2ccc(N3CCN(C)CC3)cc2)n1. The van der Waals surface area contributed by atoms with E-state index in [1.807, 2.05) is 13.0 Å². The molecule has 2 aromatic rings. The molecule has 1 aromatic heterocycles. The molecule has 140 valence electrons. The Morgan fingerprint density at radius 2 is 1.77 bits per heavy atom. The topological polar surface area (TPSA) is 56.3 Å². The summed E-state index contributed by atoms with van der Waals surface area (Å²) in [5.74, 6) is 1.51. The van der Waals surface area contributed by atoms with Crippen LogP contribution in [0.15, 0.2) is 30.3 Å². The summed E-state index contributed by atoms with van der Waals surface area (Å²) >= 11 is 0. The monoisotopic (exact) mass is 354 g/mol. The zero-order valence-corrected chi connectivity index (χ0v) is 16.1. The van der Waals surface area contributed by atoms with Crippen molar-refractivity contribution in [3.63, 3.8) is 0 Å². The van der Waals surface area contributed by atoms with E-state index in [0.717, 1.165) is 56.3 Å². The molecule has 1 aromatic carbocycles. The lowest BCUT2D eigenvalue weighted by Crippen LogP contribution is -2.44. The van der Waals surface area contributed by atoms with Crippen molar-refractivity contribution in [1.82, 2.24) is 14.9 Å². The Kier molecular flexibility index (Phi) is 6.28. The minimum atomic E-state index is 0.636. The molecule has 6 heteroatoms. The van der Waals surface area contributed by atoms with Gasteiger partial charge >= 0.3 is 0 Å². The van der Waals surface area contributed by atoms with Gasteiger partial charge in [0.1, 0.15) is 5.82 Å². The van der Waals surface area contributed by atoms with Crippen LogP contribution in [0, 0.1) is 6.92 Å². The van der Waals surface area contributed by atoms with Crippen LogP contribution in [0.25, 0.3) is 0 Å². The first-order valence-electron chi connectivity index (χ1n) is 9.54. The normalized spacial score (nSPS) is 15.1. The summed E-state index contributed by atoms with van der Waals surface area (Å²) in [6.45, 7) is 9.51. The molecule has 1 aliphatic rings. The Bertz CT molecular complexity index is 692. The summed E-state index contributed by atoms with van der Waals surface area (Å²) in [7, 11) is 2.18. The molecular formula is C20H30N6. The highest BCUT2D eigenvalue weighted by Gasteiger charge is 2.14. The second-order valence-corrected chi connectivity index (χ2v) is 6.96. The molecule has 0 atom stereocenters. The van der Waals surface area contributed by atoms with Crippen LogP contribution < -0.4 is 15.5 Å². The Morgan fingerprint density at radius 1 is 1.04 bits per heavy atom. The average molecular weight is 355 g/mol. The van der Waals surface area contributed by atoms with Gasteiger partial charge < -0.3 is 20.4 Å². The highest BCUT2D eigenvalue weighted by Crippen LogP contribution is 2.21. The van der Waals surface area contributed by atoms with Crippen LogP contribution in [-0.2, 0) is 0 Å². The highest BCUT2D eigenvalue weighted by atomic mass is 15.2. The Balaban J connectivity index is 1.63. The number of unbranched alkanes of at least 4 members (excludes halogenated alkanes) is 1. The number of nitrogens with zero attached hydrogens (tertiary/aromatic N) is 4. The fraction of sp³-hybridized carbons (Fsp3) is 0.500. The molecule has 0 amide bonds. The van der Waals surface area contributed by atoms with Gasteiger partial charge in [0, 0.05) is 55.9 Å². The van der Waals surface area contributed by atoms with Crippen LogP contribution in [0.5, 0.6) is 0 Å². The second kappa shape index (κ2) is 8.85. The number of benzene rings is 1. The zero-order valence-electron chi connectivity index (χ0n) is 16.1. The molecule has 3 rings (SSSR count). The van der Waals surface area contributed by atoms with Gasteiger partial charge in [0.25, 0.3) is 0 Å². The highest BCUT2D eigenvalue weighted by molar-refractivity contribution is 5.60. The van der Waals surface area contributed by atoms with E-state index in [0.29, 0.717) is 5.95 Å². The molecule has 0 saturated carbocycles. The molecular weight excluding hydrogens is 324 g/mol. The quantitative estimate of drug-likeness (QED) is 0.742. The second-order valence-electron chi connectivity index (χ2n) is 6.96. The lowest BCUT2D eigenvalue weighted by atomic mass is 10.2. The van der Waals surface area contributed by atoms with Gasteiger partial charge in [-0.3, -0.25) is 0 Å². The summed E-state index contributed by atoms with van der Waals surface area (Å²) in [5, 5.41) is 6.69. The van der Waals surface area contributed by atoms with Crippen LogP contribution in [0.4, 0.5) is 23.1 Å². The van der Waals surface area contributed by atoms with E-state index in [-0.39, 0.29) is 0 Å². The van der Waals surface area contributed by atoms with Crippen molar-refractivity contribution in [2.75, 3.05) is 55.3 Å². The summed E-state index contributed by atoms with van der Waals surface area (Å²) in [5.41, 5.74) is 3.24. The standard InChI is InChI=1S/C20H30N6/c1-4-5-10-21-19-15-16(2)22-20(24-19)23-17-6-8-18(9-7-17)26-13-11-25(3)12-14-26/h6-9,15H,4-5,10-14H2,1-3H3,(H2,21,22,23,24). The number of hydrogen-bond donors (Lipinski definition) is 2. The average Bonchev–Trinajstić information content (AvgIpc) is 2.63. The van der Waals surface area contributed by atoms with Gasteiger partial charge in [-0.25, -0.2) is 4.98 Å². The molecule has 2 heterocycles. The first-order valence-corrected chi connectivity index (χ1v) is 9.54. The van der Waals surface area contributed by atoms with Crippen LogP contribution in [-0.4, -0.2) is 54.6 Å². The minimum absolute atomic E-state index is 0.636. The first-order chi connectivity index (χ1) is 12.6. The maximum atomic E-state index is 4.57. The number of nitrogens with one attached hydrogen (secondary N) is 2. The molecule has 0 spiro atoms. The molecule has 0 unspecified atom stereocenters. The van der Waals surface area contributed by atoms with E-state index in [4.69, 9.17) is 0 Å². The molecule has 26 heavy (non-hydrogen) atoms. The van der Waals surface area contributed by atoms with E-state index in [9.17, 15) is 0 Å². The molecule has 0 aliphatic carbocycles. The number of rotatable bonds is 7. The third kappa shape index (κ3) is 5.08. The summed E-state index contributed by atoms with van der Waals surface area (Å²) in [6, 6.07) is 10.5. The van der Waals surface area contributed by atoms with Crippen molar-refractivity contribution < 1.29 is 0 Å². The number of piperazine rings is 1. The van der Waals surface area contributed by atoms with Crippen molar-refractivity contribution in [2.24, 2.45) is 0 Å². The van der Waals surface area contributed by atoms with Crippen LogP contribution >= 0.6 is 0 Å². The molecule has 1 saturated heterocycles. The number of aryl methyl sites for hydroxylation is 1. The van der Waals surface area contributed by atoms with E-state index < -0.39 is 0 Å². The largest absolute Gasteiger partial charge is 0.370 e. The van der Waals surface area contributed by atoms with Crippen molar-refractivity contribution >= 4 is 23.1 Å².